The number of fused-ring (bicyclic) bond motifs is 1. The topological polar surface area (TPSA) is 110 Å². The summed E-state index contributed by atoms with van der Waals surface area (Å²) in [5.41, 5.74) is 0.804. The average Bonchev–Trinajstić information content (AvgIpc) is 3.25. The molecule has 0 N–H and O–H groups in total. The van der Waals surface area contributed by atoms with Crippen molar-refractivity contribution >= 4 is 23.0 Å². The van der Waals surface area contributed by atoms with Gasteiger partial charge in [-0.15, -0.1) is 11.3 Å². The molecule has 0 aliphatic carbocycles. The van der Waals surface area contributed by atoms with Crippen LogP contribution in [-0.4, -0.2) is 36.2 Å². The first-order valence-electron chi connectivity index (χ1n) is 8.89. The number of ether oxygens (including phenoxy) is 4. The average molecular weight is 428 g/mol. The van der Waals surface area contributed by atoms with E-state index in [0.717, 1.165) is 10.6 Å². The fraction of sp³-hybridized carbons (Fsp3) is 0.200. The molecule has 0 bridgehead atoms. The van der Waals surface area contributed by atoms with E-state index in [1.807, 2.05) is 24.3 Å². The van der Waals surface area contributed by atoms with Crippen molar-refractivity contribution in [2.24, 2.45) is 0 Å². The van der Waals surface area contributed by atoms with Crippen LogP contribution in [0.2, 0.25) is 0 Å². The standard InChI is InChI=1S/C20H16N2O7S/c1-26-14-4-2-3-12(7-14)19-21-13(11-30-19)10-29-20(23)15-8-17-18(28-6-5-27-17)9-16(15)22(24)25/h2-4,7-9,11H,5-6,10H2,1H3. The van der Waals surface area contributed by atoms with Gasteiger partial charge in [0.2, 0.25) is 0 Å². The highest BCUT2D eigenvalue weighted by molar-refractivity contribution is 7.13. The summed E-state index contributed by atoms with van der Waals surface area (Å²) < 4.78 is 21.2. The van der Waals surface area contributed by atoms with Gasteiger partial charge in [0, 0.05) is 17.0 Å². The van der Waals surface area contributed by atoms with Crippen molar-refractivity contribution in [3.05, 3.63) is 63.1 Å². The Morgan fingerprint density at radius 3 is 2.73 bits per heavy atom. The van der Waals surface area contributed by atoms with Gasteiger partial charge in [0.15, 0.2) is 11.5 Å². The van der Waals surface area contributed by atoms with Gasteiger partial charge in [-0.1, -0.05) is 12.1 Å². The highest BCUT2D eigenvalue weighted by Crippen LogP contribution is 2.37. The Balaban J connectivity index is 1.50. The molecule has 0 saturated carbocycles. The van der Waals surface area contributed by atoms with Crippen molar-refractivity contribution in [1.29, 1.82) is 0 Å². The first-order valence-corrected chi connectivity index (χ1v) is 9.77. The van der Waals surface area contributed by atoms with E-state index in [-0.39, 0.29) is 30.3 Å². The number of thiazole rings is 1. The van der Waals surface area contributed by atoms with Gasteiger partial charge in [-0.2, -0.15) is 0 Å². The van der Waals surface area contributed by atoms with Crippen LogP contribution < -0.4 is 14.2 Å². The molecule has 3 aromatic rings. The molecule has 0 saturated heterocycles. The quantitative estimate of drug-likeness (QED) is 0.331. The smallest absolute Gasteiger partial charge is 0.345 e. The summed E-state index contributed by atoms with van der Waals surface area (Å²) in [5.74, 6) is 0.371. The van der Waals surface area contributed by atoms with Gasteiger partial charge in [0.1, 0.15) is 36.1 Å². The van der Waals surface area contributed by atoms with Crippen LogP contribution in [0.15, 0.2) is 41.8 Å². The molecule has 0 unspecified atom stereocenters. The van der Waals surface area contributed by atoms with Crippen LogP contribution in [0, 0.1) is 10.1 Å². The summed E-state index contributed by atoms with van der Waals surface area (Å²) in [5, 5.41) is 13.9. The van der Waals surface area contributed by atoms with Crippen molar-refractivity contribution in [3.8, 4) is 27.8 Å². The third-order valence-corrected chi connectivity index (χ3v) is 5.24. The highest BCUT2D eigenvalue weighted by Gasteiger charge is 2.27. The van der Waals surface area contributed by atoms with Crippen LogP contribution in [-0.2, 0) is 11.3 Å². The minimum Gasteiger partial charge on any atom is -0.497 e. The molecule has 4 rings (SSSR count). The van der Waals surface area contributed by atoms with Gasteiger partial charge < -0.3 is 18.9 Å². The molecule has 30 heavy (non-hydrogen) atoms. The molecule has 2 aromatic carbocycles. The number of benzene rings is 2. The summed E-state index contributed by atoms with van der Waals surface area (Å²) in [6.07, 6.45) is 0. The molecule has 0 radical (unpaired) electrons. The number of esters is 1. The van der Waals surface area contributed by atoms with E-state index in [1.54, 1.807) is 12.5 Å². The lowest BCUT2D eigenvalue weighted by molar-refractivity contribution is -0.385. The second kappa shape index (κ2) is 8.37. The third-order valence-electron chi connectivity index (χ3n) is 4.30. The van der Waals surface area contributed by atoms with Crippen LogP contribution in [0.25, 0.3) is 10.6 Å². The second-order valence-electron chi connectivity index (χ2n) is 6.22. The molecule has 154 valence electrons. The van der Waals surface area contributed by atoms with Crippen molar-refractivity contribution in [2.45, 2.75) is 6.61 Å². The lowest BCUT2D eigenvalue weighted by Gasteiger charge is -2.18. The van der Waals surface area contributed by atoms with Crippen LogP contribution >= 0.6 is 11.3 Å². The van der Waals surface area contributed by atoms with E-state index in [2.05, 4.69) is 4.98 Å². The molecule has 9 nitrogen and oxygen atoms in total. The van der Waals surface area contributed by atoms with E-state index in [4.69, 9.17) is 18.9 Å². The number of methoxy groups -OCH3 is 1. The number of aromatic nitrogens is 1. The fourth-order valence-electron chi connectivity index (χ4n) is 2.87. The molecule has 1 aromatic heterocycles. The second-order valence-corrected chi connectivity index (χ2v) is 7.08. The van der Waals surface area contributed by atoms with Gasteiger partial charge in [0.05, 0.1) is 23.8 Å². The molecule has 10 heteroatoms. The first kappa shape index (κ1) is 19.6. The minimum absolute atomic E-state index is 0.120. The zero-order valence-electron chi connectivity index (χ0n) is 15.8. The summed E-state index contributed by atoms with van der Waals surface area (Å²) in [7, 11) is 1.59. The Morgan fingerprint density at radius 1 is 1.23 bits per heavy atom. The van der Waals surface area contributed by atoms with E-state index in [9.17, 15) is 14.9 Å². The van der Waals surface area contributed by atoms with E-state index in [1.165, 1.54) is 23.5 Å². The van der Waals surface area contributed by atoms with Crippen molar-refractivity contribution in [1.82, 2.24) is 4.98 Å². The molecule has 2 heterocycles. The van der Waals surface area contributed by atoms with Gasteiger partial charge in [-0.25, -0.2) is 9.78 Å². The number of nitrogens with zero attached hydrogens (tertiary/aromatic N) is 2. The van der Waals surface area contributed by atoms with Gasteiger partial charge in [-0.05, 0) is 12.1 Å². The third kappa shape index (κ3) is 4.03. The van der Waals surface area contributed by atoms with Crippen LogP contribution in [0.1, 0.15) is 16.1 Å². The summed E-state index contributed by atoms with van der Waals surface area (Å²) in [6.45, 7) is 0.462. The predicted octanol–water partition coefficient (Wildman–Crippen LogP) is 3.86. The van der Waals surface area contributed by atoms with E-state index < -0.39 is 16.6 Å². The maximum absolute atomic E-state index is 12.5. The lowest BCUT2D eigenvalue weighted by Crippen LogP contribution is -2.17. The number of hydrogen-bond acceptors (Lipinski definition) is 9. The van der Waals surface area contributed by atoms with E-state index in [0.29, 0.717) is 18.1 Å². The number of hydrogen-bond donors (Lipinski definition) is 0. The van der Waals surface area contributed by atoms with Crippen molar-refractivity contribution < 1.29 is 28.7 Å². The summed E-state index contributed by atoms with van der Waals surface area (Å²) in [4.78, 5) is 27.7. The maximum Gasteiger partial charge on any atom is 0.345 e. The molecular formula is C20H16N2O7S. The largest absolute Gasteiger partial charge is 0.497 e. The SMILES string of the molecule is COc1cccc(-c2nc(COC(=O)c3cc4c(cc3[N+](=O)[O-])OCCO4)cs2)c1. The van der Waals surface area contributed by atoms with Gasteiger partial charge in [-0.3, -0.25) is 10.1 Å². The molecular weight excluding hydrogens is 412 g/mol. The molecule has 1 aliphatic rings. The molecule has 0 spiro atoms. The van der Waals surface area contributed by atoms with Crippen molar-refractivity contribution in [2.75, 3.05) is 20.3 Å². The Bertz CT molecular complexity index is 1110. The number of carbonyl (C=O) groups excluding carboxylic acids is 1. The number of rotatable bonds is 6. The molecule has 1 aliphatic heterocycles. The molecule has 0 fully saturated rings. The normalized spacial score (nSPS) is 12.3. The monoisotopic (exact) mass is 428 g/mol. The number of carbonyl (C=O) groups is 1. The zero-order chi connectivity index (χ0) is 21.1. The number of nitro groups is 1. The minimum atomic E-state index is -0.838. The number of nitro benzene ring substituents is 1. The zero-order valence-corrected chi connectivity index (χ0v) is 16.6. The fourth-order valence-corrected chi connectivity index (χ4v) is 3.67. The first-order chi connectivity index (χ1) is 14.5. The Hall–Kier alpha value is -3.66. The Labute approximate surface area is 174 Å². The molecule has 0 atom stereocenters. The van der Waals surface area contributed by atoms with E-state index >= 15 is 0 Å². The summed E-state index contributed by atoms with van der Waals surface area (Å²) in [6, 6.07) is 9.89. The summed E-state index contributed by atoms with van der Waals surface area (Å²) >= 11 is 1.39. The lowest BCUT2D eigenvalue weighted by atomic mass is 10.1. The van der Waals surface area contributed by atoms with Crippen LogP contribution in [0.3, 0.4) is 0 Å². The predicted molar refractivity (Wildman–Crippen MR) is 107 cm³/mol. The van der Waals surface area contributed by atoms with Gasteiger partial charge in [0.25, 0.3) is 5.69 Å². The van der Waals surface area contributed by atoms with Gasteiger partial charge >= 0.3 is 5.97 Å². The van der Waals surface area contributed by atoms with Crippen molar-refractivity contribution in [3.63, 3.8) is 0 Å². The Kier molecular flexibility index (Phi) is 5.48. The highest BCUT2D eigenvalue weighted by atomic mass is 32.1. The molecule has 0 amide bonds. The maximum atomic E-state index is 12.5. The van der Waals surface area contributed by atoms with Crippen LogP contribution in [0.5, 0.6) is 17.2 Å². The Morgan fingerprint density at radius 2 is 2.00 bits per heavy atom. The van der Waals surface area contributed by atoms with Crippen LogP contribution in [0.4, 0.5) is 5.69 Å².